The zero-order valence-corrected chi connectivity index (χ0v) is 54.8. The largest absolute Gasteiger partial charge is 0.314 e. The number of hydrogen-bond donors (Lipinski definition) is 0. The average molecular weight is 1190 g/mol. The smallest absolute Gasteiger partial charge is 0.0540 e. The van der Waals surface area contributed by atoms with Gasteiger partial charge in [0, 0.05) is 67.8 Å². The maximum Gasteiger partial charge on any atom is 0.0540 e. The topological polar surface area (TPSA) is 13.0 Å². The molecule has 0 spiro atoms. The summed E-state index contributed by atoms with van der Waals surface area (Å²) in [7, 11) is 0. The van der Waals surface area contributed by atoms with E-state index in [-0.39, 0.29) is 0 Å². The summed E-state index contributed by atoms with van der Waals surface area (Å²) in [6.07, 6.45) is 32.5. The van der Waals surface area contributed by atoms with Crippen molar-refractivity contribution in [3.05, 3.63) is 376 Å². The van der Waals surface area contributed by atoms with Crippen molar-refractivity contribution < 1.29 is 0 Å². The Morgan fingerprint density at radius 3 is 1.49 bits per heavy atom. The highest BCUT2D eigenvalue weighted by Crippen LogP contribution is 2.43. The van der Waals surface area contributed by atoms with Crippen LogP contribution in [-0.4, -0.2) is 0 Å². The summed E-state index contributed by atoms with van der Waals surface area (Å²) in [5.41, 5.74) is 20.4. The first kappa shape index (κ1) is 67.6. The molecule has 0 aliphatic heterocycles. The number of allylic oxidation sites excluding steroid dienone is 19. The van der Waals surface area contributed by atoms with Crippen LogP contribution in [0.5, 0.6) is 0 Å². The quantitative estimate of drug-likeness (QED) is 0.0559. The molecule has 9 aromatic rings. The van der Waals surface area contributed by atoms with Crippen molar-refractivity contribution in [2.24, 2.45) is 0 Å². The fraction of sp³-hybridized carbons (Fsp3) is 0.103. The minimum absolute atomic E-state index is 0.875. The second-order valence-corrected chi connectivity index (χ2v) is 20.9. The standard InChI is InChI=1S/C83H76N4.2C2H6/c1-11-16-21-31-63(7)69-36-27-40-78(60-69)84(66(10)33-18-13-3)73-52-56-77(57-53-73)87(83-45-29-35-68-34-24-25-43-81(68)83)75-50-47-67(48-51-75)64(8)46-49-71(15-5)86(82-44-26-32-65(9)80(82)42-19-14-4)76-58-54-74(55-59-76)85(72-38-22-20-23-39-72)79-41-28-37-70(61-79)62(6)30-17-12-2;2*1-2/h11-61H,2,4,6-8H2,1,3,5,9-10H3;2*1-2H3/b16-11-,18-13-,30-17-,31-21-,42-19-,49-46-,66-33+,71-15+;;. The Morgan fingerprint density at radius 2 is 0.868 bits per heavy atom. The van der Waals surface area contributed by atoms with E-state index in [0.29, 0.717) is 0 Å². The van der Waals surface area contributed by atoms with Crippen LogP contribution in [0.15, 0.2) is 348 Å². The van der Waals surface area contributed by atoms with Gasteiger partial charge in [0.25, 0.3) is 0 Å². The molecule has 0 saturated heterocycles. The van der Waals surface area contributed by atoms with Crippen LogP contribution in [0.25, 0.3) is 33.6 Å². The Hall–Kier alpha value is -10.9. The van der Waals surface area contributed by atoms with Crippen LogP contribution in [-0.2, 0) is 0 Å². The maximum absolute atomic E-state index is 4.66. The molecule has 9 aromatic carbocycles. The average Bonchev–Trinajstić information content (AvgIpc) is 0.917. The van der Waals surface area contributed by atoms with Gasteiger partial charge in [-0.15, -0.1) is 0 Å². The molecule has 0 heterocycles. The van der Waals surface area contributed by atoms with Crippen molar-refractivity contribution in [2.45, 2.75) is 62.3 Å². The molecule has 0 amide bonds. The summed E-state index contributed by atoms with van der Waals surface area (Å²) in [5.74, 6) is 0. The monoisotopic (exact) mass is 1190 g/mol. The second kappa shape index (κ2) is 34.6. The van der Waals surface area contributed by atoms with E-state index in [4.69, 9.17) is 0 Å². The fourth-order valence-corrected chi connectivity index (χ4v) is 10.6. The van der Waals surface area contributed by atoms with Crippen molar-refractivity contribution >= 4 is 90.4 Å². The lowest BCUT2D eigenvalue weighted by Crippen LogP contribution is -2.17. The van der Waals surface area contributed by atoms with Gasteiger partial charge in [-0.3, -0.25) is 0 Å². The number of aryl methyl sites for hydroxylation is 1. The Balaban J connectivity index is 0.00000288. The fourth-order valence-electron chi connectivity index (χ4n) is 10.6. The SMILES string of the molecule is C=C/C=C\C(=C)c1cccc(N(c2ccccc2)c2ccc(N(C(/C=C\C(=C)c3ccc(N(c4ccc(N(/C(C)=C/C=C\C)c5cccc(C(=C)/C=C\C=C/C)c5)cc4)c4cccc5ccccc45)cc3)=C/C)c3cccc(C)c3/C=C\C=C)cc2)c1.CC.CC. The van der Waals surface area contributed by atoms with Gasteiger partial charge in [-0.1, -0.05) is 249 Å². The van der Waals surface area contributed by atoms with Crippen LogP contribution >= 0.6 is 0 Å². The number of hydrogen-bond acceptors (Lipinski definition) is 4. The highest BCUT2D eigenvalue weighted by atomic mass is 15.2. The van der Waals surface area contributed by atoms with Crippen LogP contribution in [0.4, 0.5) is 56.9 Å². The normalized spacial score (nSPS) is 11.7. The summed E-state index contributed by atoms with van der Waals surface area (Å²) in [5, 5.41) is 2.32. The van der Waals surface area contributed by atoms with Gasteiger partial charge < -0.3 is 19.6 Å². The van der Waals surface area contributed by atoms with E-state index in [1.165, 1.54) is 5.39 Å². The highest BCUT2D eigenvalue weighted by molar-refractivity contribution is 5.99. The summed E-state index contributed by atoms with van der Waals surface area (Å²) in [6, 6.07) is 75.5. The number of anilines is 10. The van der Waals surface area contributed by atoms with Crippen molar-refractivity contribution in [1.82, 2.24) is 0 Å². The lowest BCUT2D eigenvalue weighted by molar-refractivity contribution is 1.15. The predicted octanol–water partition coefficient (Wildman–Crippen LogP) is 26.2. The molecule has 91 heavy (non-hydrogen) atoms. The van der Waals surface area contributed by atoms with Crippen molar-refractivity contribution in [1.29, 1.82) is 0 Å². The summed E-state index contributed by atoms with van der Waals surface area (Å²) in [6.45, 7) is 39.7. The molecule has 0 fully saturated rings. The molecule has 0 aromatic heterocycles. The number of benzene rings is 9. The van der Waals surface area contributed by atoms with Gasteiger partial charge in [0.1, 0.15) is 0 Å². The molecule has 4 nitrogen and oxygen atoms in total. The van der Waals surface area contributed by atoms with Gasteiger partial charge in [0.2, 0.25) is 0 Å². The Bertz CT molecular complexity index is 4170. The highest BCUT2D eigenvalue weighted by Gasteiger charge is 2.21. The number of fused-ring (bicyclic) bond motifs is 1. The van der Waals surface area contributed by atoms with E-state index in [1.54, 1.807) is 6.08 Å². The van der Waals surface area contributed by atoms with Crippen LogP contribution in [0.3, 0.4) is 0 Å². The molecule has 0 N–H and O–H groups in total. The van der Waals surface area contributed by atoms with Gasteiger partial charge in [-0.25, -0.2) is 0 Å². The molecular formula is C87H88N4. The third-order valence-corrected chi connectivity index (χ3v) is 15.1. The summed E-state index contributed by atoms with van der Waals surface area (Å²) < 4.78 is 0. The molecule has 0 radical (unpaired) electrons. The van der Waals surface area contributed by atoms with Crippen LogP contribution in [0.1, 0.15) is 83.2 Å². The van der Waals surface area contributed by atoms with Gasteiger partial charge >= 0.3 is 0 Å². The predicted molar refractivity (Wildman–Crippen MR) is 405 cm³/mol. The lowest BCUT2D eigenvalue weighted by atomic mass is 10.0. The molecule has 0 aliphatic carbocycles. The zero-order chi connectivity index (χ0) is 65.1. The first-order chi connectivity index (χ1) is 44.5. The first-order valence-electron chi connectivity index (χ1n) is 31.5. The van der Waals surface area contributed by atoms with Gasteiger partial charge in [0.05, 0.1) is 11.4 Å². The Labute approximate surface area is 544 Å². The minimum atomic E-state index is 0.875. The first-order valence-corrected chi connectivity index (χ1v) is 31.5. The van der Waals surface area contributed by atoms with Gasteiger partial charge in [-0.05, 0) is 200 Å². The van der Waals surface area contributed by atoms with E-state index in [9.17, 15) is 0 Å². The van der Waals surface area contributed by atoms with Crippen molar-refractivity contribution in [3.8, 4) is 0 Å². The summed E-state index contributed by atoms with van der Waals surface area (Å²) in [4.78, 5) is 9.25. The molecule has 456 valence electrons. The van der Waals surface area contributed by atoms with E-state index in [1.807, 2.05) is 96.2 Å². The third kappa shape index (κ3) is 17.0. The lowest BCUT2D eigenvalue weighted by Gasteiger charge is -2.30. The number of rotatable bonds is 24. The number of para-hydroxylation sites is 1. The third-order valence-electron chi connectivity index (χ3n) is 15.1. The molecular weight excluding hydrogens is 1100 g/mol. The molecule has 4 heteroatoms. The van der Waals surface area contributed by atoms with E-state index in [2.05, 4.69) is 322 Å². The number of nitrogens with zero attached hydrogens (tertiary/aromatic N) is 4. The van der Waals surface area contributed by atoms with Crippen LogP contribution in [0, 0.1) is 6.92 Å². The summed E-state index contributed by atoms with van der Waals surface area (Å²) >= 11 is 0. The molecule has 0 atom stereocenters. The van der Waals surface area contributed by atoms with E-state index in [0.717, 1.165) is 118 Å². The molecule has 0 saturated carbocycles. The van der Waals surface area contributed by atoms with Gasteiger partial charge in [-0.2, -0.15) is 0 Å². The zero-order valence-electron chi connectivity index (χ0n) is 54.8. The molecule has 9 rings (SSSR count). The van der Waals surface area contributed by atoms with Crippen molar-refractivity contribution in [3.63, 3.8) is 0 Å². The minimum Gasteiger partial charge on any atom is -0.314 e. The van der Waals surface area contributed by atoms with E-state index < -0.39 is 0 Å². The maximum atomic E-state index is 4.66. The van der Waals surface area contributed by atoms with Gasteiger partial charge in [0.15, 0.2) is 0 Å². The van der Waals surface area contributed by atoms with Crippen LogP contribution in [0.2, 0.25) is 0 Å². The molecule has 0 bridgehead atoms. The Kier molecular flexibility index (Phi) is 25.7. The molecule has 0 aliphatic rings. The molecule has 0 unspecified atom stereocenters. The Morgan fingerprint density at radius 1 is 0.385 bits per heavy atom. The van der Waals surface area contributed by atoms with E-state index >= 15 is 0 Å². The van der Waals surface area contributed by atoms with Crippen molar-refractivity contribution in [2.75, 3.05) is 19.6 Å². The van der Waals surface area contributed by atoms with Crippen LogP contribution < -0.4 is 19.6 Å². The second-order valence-electron chi connectivity index (χ2n) is 20.9.